The van der Waals surface area contributed by atoms with E-state index in [0.29, 0.717) is 17.8 Å². The lowest BCUT2D eigenvalue weighted by molar-refractivity contribution is 0.107. The van der Waals surface area contributed by atoms with Gasteiger partial charge in [-0.05, 0) is 36.5 Å². The number of aromatic nitrogens is 1. The summed E-state index contributed by atoms with van der Waals surface area (Å²) in [6.45, 7) is 0. The Morgan fingerprint density at radius 3 is 2.71 bits per heavy atom. The Kier molecular flexibility index (Phi) is 1.92. The SMILES string of the molecule is OC1CC2CC1CC2c1[nH]cc2ccccc12. The van der Waals surface area contributed by atoms with Crippen molar-refractivity contribution in [3.05, 3.63) is 36.2 Å². The van der Waals surface area contributed by atoms with Crippen molar-refractivity contribution in [2.75, 3.05) is 0 Å². The average Bonchev–Trinajstić information content (AvgIpc) is 2.99. The molecule has 0 amide bonds. The smallest absolute Gasteiger partial charge is 0.0571 e. The Bertz CT molecular complexity index is 557. The van der Waals surface area contributed by atoms with Crippen LogP contribution in [0, 0.1) is 11.8 Å². The van der Waals surface area contributed by atoms with Crippen LogP contribution in [0.3, 0.4) is 0 Å². The van der Waals surface area contributed by atoms with Gasteiger partial charge in [-0.2, -0.15) is 0 Å². The third kappa shape index (κ3) is 1.31. The number of aliphatic hydroxyl groups is 1. The van der Waals surface area contributed by atoms with E-state index in [9.17, 15) is 5.11 Å². The molecule has 2 aromatic rings. The Morgan fingerprint density at radius 2 is 1.94 bits per heavy atom. The fourth-order valence-electron chi connectivity index (χ4n) is 4.01. The van der Waals surface area contributed by atoms with Crippen LogP contribution in [0.2, 0.25) is 0 Å². The summed E-state index contributed by atoms with van der Waals surface area (Å²) in [5.74, 6) is 1.88. The number of hydrogen-bond donors (Lipinski definition) is 2. The number of aliphatic hydroxyl groups excluding tert-OH is 1. The quantitative estimate of drug-likeness (QED) is 0.771. The minimum absolute atomic E-state index is 0.0301. The standard InChI is InChI=1S/C15H17NO/c17-14-7-10-5-11(14)6-13(10)15-12-4-2-1-3-9(12)8-16-15/h1-4,8,10-11,13-14,16-17H,5-7H2. The van der Waals surface area contributed by atoms with E-state index in [1.807, 2.05) is 0 Å². The lowest BCUT2D eigenvalue weighted by Crippen LogP contribution is -2.20. The summed E-state index contributed by atoms with van der Waals surface area (Å²) in [6, 6.07) is 8.58. The molecule has 4 unspecified atom stereocenters. The number of nitrogens with one attached hydrogen (secondary N) is 1. The van der Waals surface area contributed by atoms with Crippen LogP contribution in [0.5, 0.6) is 0 Å². The second-order valence-electron chi connectivity index (χ2n) is 5.69. The fourth-order valence-corrected chi connectivity index (χ4v) is 4.01. The lowest BCUT2D eigenvalue weighted by Gasteiger charge is -2.24. The first-order valence-corrected chi connectivity index (χ1v) is 6.57. The monoisotopic (exact) mass is 227 g/mol. The molecule has 1 heterocycles. The third-order valence-corrected chi connectivity index (χ3v) is 4.82. The third-order valence-electron chi connectivity index (χ3n) is 4.82. The maximum Gasteiger partial charge on any atom is 0.0571 e. The largest absolute Gasteiger partial charge is 0.393 e. The summed E-state index contributed by atoms with van der Waals surface area (Å²) in [6.07, 6.45) is 5.48. The number of H-pyrrole nitrogens is 1. The molecule has 2 aliphatic rings. The molecular weight excluding hydrogens is 210 g/mol. The highest BCUT2D eigenvalue weighted by Crippen LogP contribution is 2.53. The first-order valence-electron chi connectivity index (χ1n) is 6.57. The molecular formula is C15H17NO. The van der Waals surface area contributed by atoms with E-state index < -0.39 is 0 Å². The van der Waals surface area contributed by atoms with E-state index in [-0.39, 0.29) is 6.10 Å². The number of benzene rings is 1. The van der Waals surface area contributed by atoms with Crippen molar-refractivity contribution in [2.24, 2.45) is 11.8 Å². The molecule has 0 radical (unpaired) electrons. The van der Waals surface area contributed by atoms with Crippen molar-refractivity contribution >= 4 is 10.8 Å². The van der Waals surface area contributed by atoms with E-state index >= 15 is 0 Å². The van der Waals surface area contributed by atoms with E-state index in [2.05, 4.69) is 35.4 Å². The van der Waals surface area contributed by atoms with Crippen LogP contribution < -0.4 is 0 Å². The molecule has 0 spiro atoms. The minimum atomic E-state index is -0.0301. The van der Waals surface area contributed by atoms with Crippen molar-refractivity contribution in [3.8, 4) is 0 Å². The maximum atomic E-state index is 9.84. The van der Waals surface area contributed by atoms with Gasteiger partial charge in [0.25, 0.3) is 0 Å². The van der Waals surface area contributed by atoms with Crippen molar-refractivity contribution in [1.29, 1.82) is 0 Å². The van der Waals surface area contributed by atoms with Crippen LogP contribution >= 0.6 is 0 Å². The van der Waals surface area contributed by atoms with Gasteiger partial charge in [-0.15, -0.1) is 0 Å². The molecule has 4 rings (SSSR count). The van der Waals surface area contributed by atoms with Gasteiger partial charge in [0.05, 0.1) is 6.10 Å². The first kappa shape index (κ1) is 9.72. The highest BCUT2D eigenvalue weighted by molar-refractivity contribution is 5.85. The zero-order valence-corrected chi connectivity index (χ0v) is 9.76. The predicted octanol–water partition coefficient (Wildman–Crippen LogP) is 3.04. The van der Waals surface area contributed by atoms with E-state index in [1.54, 1.807) is 0 Å². The van der Waals surface area contributed by atoms with Crippen LogP contribution in [0.1, 0.15) is 30.9 Å². The molecule has 2 nitrogen and oxygen atoms in total. The van der Waals surface area contributed by atoms with Crippen LogP contribution in [0.4, 0.5) is 0 Å². The molecule has 0 saturated heterocycles. The molecule has 2 fully saturated rings. The van der Waals surface area contributed by atoms with E-state index in [0.717, 1.165) is 12.8 Å². The molecule has 0 aliphatic heterocycles. The summed E-state index contributed by atoms with van der Waals surface area (Å²) >= 11 is 0. The van der Waals surface area contributed by atoms with Crippen LogP contribution in [0.15, 0.2) is 30.5 Å². The van der Waals surface area contributed by atoms with Gasteiger partial charge in [-0.3, -0.25) is 0 Å². The summed E-state index contributed by atoms with van der Waals surface area (Å²) in [7, 11) is 0. The van der Waals surface area contributed by atoms with Gasteiger partial charge in [0.1, 0.15) is 0 Å². The van der Waals surface area contributed by atoms with Crippen molar-refractivity contribution in [3.63, 3.8) is 0 Å². The van der Waals surface area contributed by atoms with E-state index in [1.165, 1.54) is 22.9 Å². The molecule has 1 aromatic carbocycles. The Labute approximate surface area is 101 Å². The van der Waals surface area contributed by atoms with Gasteiger partial charge in [-0.1, -0.05) is 24.3 Å². The lowest BCUT2D eigenvalue weighted by atomic mass is 9.84. The number of aromatic amines is 1. The van der Waals surface area contributed by atoms with Gasteiger partial charge in [-0.25, -0.2) is 0 Å². The van der Waals surface area contributed by atoms with Crippen molar-refractivity contribution < 1.29 is 5.11 Å². The second kappa shape index (κ2) is 3.36. The highest BCUT2D eigenvalue weighted by atomic mass is 16.3. The zero-order chi connectivity index (χ0) is 11.4. The Hall–Kier alpha value is -1.28. The summed E-state index contributed by atoms with van der Waals surface area (Å²) in [5.41, 5.74) is 1.40. The van der Waals surface area contributed by atoms with Gasteiger partial charge < -0.3 is 10.1 Å². The zero-order valence-electron chi connectivity index (χ0n) is 9.76. The maximum absolute atomic E-state index is 9.84. The van der Waals surface area contributed by atoms with Gasteiger partial charge in [0.2, 0.25) is 0 Å². The Balaban J connectivity index is 1.76. The molecule has 4 atom stereocenters. The molecule has 88 valence electrons. The average molecular weight is 227 g/mol. The van der Waals surface area contributed by atoms with Gasteiger partial charge in [0.15, 0.2) is 0 Å². The van der Waals surface area contributed by atoms with Crippen LogP contribution in [0.25, 0.3) is 10.8 Å². The first-order chi connectivity index (χ1) is 8.33. The summed E-state index contributed by atoms with van der Waals surface area (Å²) < 4.78 is 0. The normalized spacial score (nSPS) is 35.8. The second-order valence-corrected chi connectivity index (χ2v) is 5.69. The molecule has 17 heavy (non-hydrogen) atoms. The number of hydrogen-bond acceptors (Lipinski definition) is 1. The number of rotatable bonds is 1. The van der Waals surface area contributed by atoms with Crippen molar-refractivity contribution in [1.82, 2.24) is 4.98 Å². The topological polar surface area (TPSA) is 36.0 Å². The van der Waals surface area contributed by atoms with Crippen LogP contribution in [-0.4, -0.2) is 16.2 Å². The van der Waals surface area contributed by atoms with Crippen molar-refractivity contribution in [2.45, 2.75) is 31.3 Å². The highest BCUT2D eigenvalue weighted by Gasteiger charge is 2.46. The number of fused-ring (bicyclic) bond motifs is 3. The fraction of sp³-hybridized carbons (Fsp3) is 0.467. The molecule has 2 aliphatic carbocycles. The minimum Gasteiger partial charge on any atom is -0.393 e. The molecule has 2 bridgehead atoms. The summed E-state index contributed by atoms with van der Waals surface area (Å²) in [4.78, 5) is 3.47. The van der Waals surface area contributed by atoms with Gasteiger partial charge >= 0.3 is 0 Å². The molecule has 2 saturated carbocycles. The molecule has 1 aromatic heterocycles. The van der Waals surface area contributed by atoms with Gasteiger partial charge in [0, 0.05) is 23.2 Å². The predicted molar refractivity (Wildman–Crippen MR) is 67.9 cm³/mol. The molecule has 2 N–H and O–H groups in total. The Morgan fingerprint density at radius 1 is 1.06 bits per heavy atom. The van der Waals surface area contributed by atoms with E-state index in [4.69, 9.17) is 0 Å². The van der Waals surface area contributed by atoms with Crippen LogP contribution in [-0.2, 0) is 0 Å². The molecule has 2 heteroatoms. The summed E-state index contributed by atoms with van der Waals surface area (Å²) in [5, 5.41) is 12.5.